The van der Waals surface area contributed by atoms with Crippen molar-refractivity contribution in [2.45, 2.75) is 29.9 Å². The summed E-state index contributed by atoms with van der Waals surface area (Å²) < 4.78 is 7.07. The Kier molecular flexibility index (Phi) is 3.14. The molecule has 0 aromatic carbocycles. The van der Waals surface area contributed by atoms with Gasteiger partial charge >= 0.3 is 0 Å². The van der Waals surface area contributed by atoms with Gasteiger partial charge in [-0.1, -0.05) is 0 Å². The van der Waals surface area contributed by atoms with Crippen molar-refractivity contribution in [3.05, 3.63) is 12.0 Å². The molecule has 1 saturated heterocycles. The van der Waals surface area contributed by atoms with Gasteiger partial charge in [0.25, 0.3) is 0 Å². The molecule has 3 rings (SSSR count). The fourth-order valence-corrected chi connectivity index (χ4v) is 2.62. The van der Waals surface area contributed by atoms with Crippen LogP contribution in [0.1, 0.15) is 18.3 Å². The maximum Gasteiger partial charge on any atom is 0.232 e. The van der Waals surface area contributed by atoms with Crippen LogP contribution < -0.4 is 11.1 Å². The van der Waals surface area contributed by atoms with E-state index in [9.17, 15) is 10.2 Å². The largest absolute Gasteiger partial charge is 0.394 e. The van der Waals surface area contributed by atoms with Gasteiger partial charge in [-0.25, -0.2) is 4.98 Å². The Bertz CT molecular complexity index is 560. The minimum absolute atomic E-state index is 0.00555. The summed E-state index contributed by atoms with van der Waals surface area (Å²) in [6.45, 7) is -0.280. The molecule has 0 aliphatic carbocycles. The Labute approximate surface area is 119 Å². The molecule has 1 unspecified atom stereocenters. The number of hydrogen-bond acceptors (Lipinski definition) is 9. The second-order valence-electron chi connectivity index (χ2n) is 4.73. The van der Waals surface area contributed by atoms with Gasteiger partial charge in [0, 0.05) is 6.42 Å². The number of guanidine groups is 1. The first kappa shape index (κ1) is 13.6. The summed E-state index contributed by atoms with van der Waals surface area (Å²) in [5.41, 5.74) is 5.79. The molecule has 0 bridgehead atoms. The van der Waals surface area contributed by atoms with Crippen LogP contribution in [0.25, 0.3) is 0 Å². The highest BCUT2D eigenvalue weighted by molar-refractivity contribution is 7.81. The van der Waals surface area contributed by atoms with Gasteiger partial charge in [0.15, 0.2) is 11.8 Å². The molecule has 9 nitrogen and oxygen atoms in total. The highest BCUT2D eigenvalue weighted by Gasteiger charge is 2.40. The van der Waals surface area contributed by atoms with Gasteiger partial charge in [0.2, 0.25) is 5.06 Å². The predicted molar refractivity (Wildman–Crippen MR) is 71.1 cm³/mol. The van der Waals surface area contributed by atoms with E-state index in [2.05, 4.69) is 27.9 Å². The summed E-state index contributed by atoms with van der Waals surface area (Å²) in [4.78, 5) is 8.12. The molecule has 0 amide bonds. The summed E-state index contributed by atoms with van der Waals surface area (Å²) in [6, 6.07) is 0. The Morgan fingerprint density at radius 1 is 1.65 bits per heavy atom. The molecule has 2 aliphatic heterocycles. The molecule has 6 N–H and O–H groups in total. The molecular weight excluding hydrogens is 286 g/mol. The van der Waals surface area contributed by atoms with Crippen molar-refractivity contribution in [1.82, 2.24) is 14.9 Å². The Morgan fingerprint density at radius 2 is 2.40 bits per heavy atom. The van der Waals surface area contributed by atoms with Crippen LogP contribution in [0.5, 0.6) is 0 Å². The topological polar surface area (TPSA) is 138 Å². The van der Waals surface area contributed by atoms with Gasteiger partial charge < -0.3 is 31.1 Å². The number of nitrogens with one attached hydrogen (secondary N) is 1. The van der Waals surface area contributed by atoms with Crippen LogP contribution in [-0.2, 0) is 9.79 Å². The second-order valence-corrected chi connectivity index (χ2v) is 5.38. The van der Waals surface area contributed by atoms with Crippen LogP contribution in [0.4, 0.5) is 5.82 Å². The van der Waals surface area contributed by atoms with Crippen molar-refractivity contribution in [2.75, 3.05) is 6.61 Å². The third-order valence-electron chi connectivity index (χ3n) is 3.32. The Balaban J connectivity index is 1.97. The van der Waals surface area contributed by atoms with Gasteiger partial charge in [0.1, 0.15) is 18.0 Å². The molecule has 1 aromatic rings. The Morgan fingerprint density at radius 3 is 3.05 bits per heavy atom. The predicted octanol–water partition coefficient (Wildman–Crippen LogP) is -1.89. The number of fused-ring (bicyclic) bond motifs is 1. The van der Waals surface area contributed by atoms with Gasteiger partial charge in [-0.05, 0) is 0 Å². The van der Waals surface area contributed by atoms with E-state index >= 15 is 0 Å². The van der Waals surface area contributed by atoms with Crippen LogP contribution in [0.2, 0.25) is 0 Å². The van der Waals surface area contributed by atoms with E-state index in [1.165, 1.54) is 6.33 Å². The lowest BCUT2D eigenvalue weighted by Gasteiger charge is -2.27. The number of hydrogen-bond donors (Lipinski definition) is 6. The smallest absolute Gasteiger partial charge is 0.232 e. The zero-order valence-corrected chi connectivity index (χ0v) is 11.2. The third-order valence-corrected chi connectivity index (χ3v) is 3.64. The quantitative estimate of drug-likeness (QED) is 0.277. The van der Waals surface area contributed by atoms with Gasteiger partial charge in [-0.2, -0.15) is 4.99 Å². The molecule has 110 valence electrons. The molecular formula is C10H15N5O4S. The van der Waals surface area contributed by atoms with E-state index < -0.39 is 23.5 Å². The number of aliphatic hydroxyl groups excluding tert-OH is 2. The van der Waals surface area contributed by atoms with Crippen molar-refractivity contribution in [3.8, 4) is 0 Å². The van der Waals surface area contributed by atoms with Crippen molar-refractivity contribution < 1.29 is 20.1 Å². The van der Waals surface area contributed by atoms with Crippen molar-refractivity contribution >= 4 is 24.4 Å². The maximum absolute atomic E-state index is 10.1. The summed E-state index contributed by atoms with van der Waals surface area (Å²) in [5, 5.41) is 29.7. The molecule has 0 spiro atoms. The van der Waals surface area contributed by atoms with Gasteiger partial charge in [0.05, 0.1) is 19.0 Å². The normalized spacial score (nSPS) is 36.4. The number of thiol groups is 1. The molecule has 4 atom stereocenters. The molecule has 10 heteroatoms. The van der Waals surface area contributed by atoms with E-state index in [0.29, 0.717) is 5.82 Å². The first-order valence-electron chi connectivity index (χ1n) is 6.01. The van der Waals surface area contributed by atoms with E-state index in [0.717, 1.165) is 0 Å². The molecule has 1 fully saturated rings. The van der Waals surface area contributed by atoms with Crippen LogP contribution in [0.3, 0.4) is 0 Å². The number of aromatic nitrogens is 2. The number of nitrogens with two attached hydrogens (primary N) is 1. The molecule has 1 aromatic heterocycles. The molecule has 3 heterocycles. The SMILES string of the molecule is NC1=Nc2c(ncn2[C@H]2C[C@H](O)[C@@H](CO)O2)C(O)(S)N1. The molecule has 20 heavy (non-hydrogen) atoms. The summed E-state index contributed by atoms with van der Waals surface area (Å²) >= 11 is 4.04. The summed E-state index contributed by atoms with van der Waals surface area (Å²) in [7, 11) is 0. The Hall–Kier alpha value is -1.33. The van der Waals surface area contributed by atoms with Crippen molar-refractivity contribution in [1.29, 1.82) is 0 Å². The zero-order chi connectivity index (χ0) is 14.5. The van der Waals surface area contributed by atoms with Crippen LogP contribution >= 0.6 is 12.6 Å². The van der Waals surface area contributed by atoms with Gasteiger partial charge in [-0.3, -0.25) is 4.57 Å². The number of ether oxygens (including phenoxy) is 1. The monoisotopic (exact) mass is 301 g/mol. The third kappa shape index (κ3) is 2.05. The average molecular weight is 301 g/mol. The standard InChI is InChI=1S/C10H15N5O4S/c11-9-13-8-7(10(18,20)14-9)12-3-15(8)6-1-4(17)5(2-16)19-6/h3-6,16-18,20H,1-2H2,(H3,11,13,14)/t4-,5+,6+,10?/m0/s1. The van der Waals surface area contributed by atoms with Crippen molar-refractivity contribution in [3.63, 3.8) is 0 Å². The first-order valence-corrected chi connectivity index (χ1v) is 6.46. The number of rotatable bonds is 2. The fraction of sp³-hybridized carbons (Fsp3) is 0.600. The average Bonchev–Trinajstić information content (AvgIpc) is 2.91. The van der Waals surface area contributed by atoms with E-state index in [1.807, 2.05) is 0 Å². The fourth-order valence-electron chi connectivity index (χ4n) is 2.35. The minimum atomic E-state index is -1.72. The highest BCUT2D eigenvalue weighted by atomic mass is 32.1. The van der Waals surface area contributed by atoms with Gasteiger partial charge in [-0.15, -0.1) is 12.6 Å². The highest BCUT2D eigenvalue weighted by Crippen LogP contribution is 2.38. The van der Waals surface area contributed by atoms with Crippen molar-refractivity contribution in [2.24, 2.45) is 10.7 Å². The number of aliphatic imine (C=N–C) groups is 1. The second kappa shape index (κ2) is 4.60. The lowest BCUT2D eigenvalue weighted by atomic mass is 10.2. The maximum atomic E-state index is 10.1. The van der Waals surface area contributed by atoms with E-state index in [1.54, 1.807) is 4.57 Å². The summed E-state index contributed by atoms with van der Waals surface area (Å²) in [5.74, 6) is 0.295. The van der Waals surface area contributed by atoms with E-state index in [-0.39, 0.29) is 24.7 Å². The minimum Gasteiger partial charge on any atom is -0.394 e. The van der Waals surface area contributed by atoms with E-state index in [4.69, 9.17) is 15.6 Å². The number of aliphatic hydroxyl groups is 3. The molecule has 0 saturated carbocycles. The van der Waals surface area contributed by atoms with Crippen LogP contribution in [-0.4, -0.2) is 49.6 Å². The first-order chi connectivity index (χ1) is 9.42. The number of nitrogens with zero attached hydrogens (tertiary/aromatic N) is 3. The lowest BCUT2D eigenvalue weighted by molar-refractivity contribution is -0.0439. The lowest BCUT2D eigenvalue weighted by Crippen LogP contribution is -2.47. The zero-order valence-electron chi connectivity index (χ0n) is 10.3. The number of imidazole rings is 1. The van der Waals surface area contributed by atoms with Crippen LogP contribution in [0.15, 0.2) is 11.3 Å². The molecule has 0 radical (unpaired) electrons. The summed E-state index contributed by atoms with van der Waals surface area (Å²) in [6.07, 6.45) is -0.275. The molecule has 2 aliphatic rings. The van der Waals surface area contributed by atoms with Crippen LogP contribution in [0, 0.1) is 0 Å².